The molecule has 0 aliphatic carbocycles. The predicted molar refractivity (Wildman–Crippen MR) is 48.3 cm³/mol. The van der Waals surface area contributed by atoms with Gasteiger partial charge in [-0.05, 0) is 19.4 Å². The molecule has 0 spiro atoms. The van der Waals surface area contributed by atoms with E-state index in [0.29, 0.717) is 6.42 Å². The molecule has 0 radical (unpaired) electrons. The van der Waals surface area contributed by atoms with Gasteiger partial charge in [0.2, 0.25) is 0 Å². The summed E-state index contributed by atoms with van der Waals surface area (Å²) < 4.78 is 37.4. The first kappa shape index (κ1) is 10.5. The van der Waals surface area contributed by atoms with Gasteiger partial charge in [0, 0.05) is 18.2 Å². The molecule has 1 aliphatic heterocycles. The highest BCUT2D eigenvalue weighted by atomic mass is 19.4. The standard InChI is InChI=1S/C9H12F3N3/c10-9(11,12)7-5-14-15-8(7)4-6-2-1-3-13-6/h5-6,13H,1-4H2,(H,14,15). The lowest BCUT2D eigenvalue weighted by Gasteiger charge is -2.11. The zero-order valence-corrected chi connectivity index (χ0v) is 8.06. The van der Waals surface area contributed by atoms with Gasteiger partial charge < -0.3 is 5.32 Å². The minimum atomic E-state index is -4.30. The van der Waals surface area contributed by atoms with Crippen molar-refractivity contribution in [3.63, 3.8) is 0 Å². The van der Waals surface area contributed by atoms with Gasteiger partial charge in [-0.1, -0.05) is 0 Å². The Bertz CT molecular complexity index is 326. The first-order chi connectivity index (χ1) is 7.07. The van der Waals surface area contributed by atoms with E-state index in [2.05, 4.69) is 15.5 Å². The van der Waals surface area contributed by atoms with E-state index in [0.717, 1.165) is 25.6 Å². The van der Waals surface area contributed by atoms with E-state index >= 15 is 0 Å². The van der Waals surface area contributed by atoms with Crippen LogP contribution in [-0.2, 0) is 12.6 Å². The molecule has 0 amide bonds. The van der Waals surface area contributed by atoms with Crippen LogP contribution in [0.5, 0.6) is 0 Å². The number of nitrogens with zero attached hydrogens (tertiary/aromatic N) is 1. The van der Waals surface area contributed by atoms with Crippen molar-refractivity contribution in [2.24, 2.45) is 0 Å². The van der Waals surface area contributed by atoms with Crippen molar-refractivity contribution in [2.75, 3.05) is 6.54 Å². The molecule has 0 bridgehead atoms. The highest BCUT2D eigenvalue weighted by Crippen LogP contribution is 2.31. The highest BCUT2D eigenvalue weighted by molar-refractivity contribution is 5.21. The minimum absolute atomic E-state index is 0.145. The molecule has 84 valence electrons. The third-order valence-corrected chi connectivity index (χ3v) is 2.64. The Balaban J connectivity index is 2.11. The van der Waals surface area contributed by atoms with E-state index in [1.165, 1.54) is 0 Å². The van der Waals surface area contributed by atoms with Crippen molar-refractivity contribution >= 4 is 0 Å². The summed E-state index contributed by atoms with van der Waals surface area (Å²) in [7, 11) is 0. The molecule has 1 atom stereocenters. The molecule has 0 aromatic carbocycles. The third kappa shape index (κ3) is 2.31. The van der Waals surface area contributed by atoms with Crippen LogP contribution in [0.25, 0.3) is 0 Å². The lowest BCUT2D eigenvalue weighted by Crippen LogP contribution is -2.25. The molecule has 1 aromatic rings. The highest BCUT2D eigenvalue weighted by Gasteiger charge is 2.35. The molecule has 1 saturated heterocycles. The van der Waals surface area contributed by atoms with Crippen LogP contribution >= 0.6 is 0 Å². The van der Waals surface area contributed by atoms with Crippen molar-refractivity contribution in [2.45, 2.75) is 31.5 Å². The molecular formula is C9H12F3N3. The van der Waals surface area contributed by atoms with Crippen LogP contribution in [0.4, 0.5) is 13.2 Å². The molecule has 1 aliphatic rings. The first-order valence-corrected chi connectivity index (χ1v) is 4.90. The SMILES string of the molecule is FC(F)(F)c1cn[nH]c1CC1CCCN1. The molecule has 2 N–H and O–H groups in total. The Morgan fingerprint density at radius 2 is 2.27 bits per heavy atom. The number of rotatable bonds is 2. The van der Waals surface area contributed by atoms with Crippen LogP contribution < -0.4 is 5.32 Å². The van der Waals surface area contributed by atoms with Gasteiger partial charge in [0.15, 0.2) is 0 Å². The van der Waals surface area contributed by atoms with Gasteiger partial charge in [0.05, 0.1) is 11.8 Å². The number of nitrogens with one attached hydrogen (secondary N) is 2. The van der Waals surface area contributed by atoms with Crippen LogP contribution in [0.1, 0.15) is 24.1 Å². The number of aromatic nitrogens is 2. The Kier molecular flexibility index (Phi) is 2.68. The number of H-pyrrole nitrogens is 1. The molecular weight excluding hydrogens is 207 g/mol. The van der Waals surface area contributed by atoms with Crippen LogP contribution in [0, 0.1) is 0 Å². The lowest BCUT2D eigenvalue weighted by atomic mass is 10.1. The second-order valence-electron chi connectivity index (χ2n) is 3.76. The maximum Gasteiger partial charge on any atom is 0.419 e. The largest absolute Gasteiger partial charge is 0.419 e. The Labute approximate surface area is 85.1 Å². The topological polar surface area (TPSA) is 40.7 Å². The number of aromatic amines is 1. The third-order valence-electron chi connectivity index (χ3n) is 2.64. The van der Waals surface area contributed by atoms with Gasteiger partial charge in [-0.2, -0.15) is 18.3 Å². The van der Waals surface area contributed by atoms with Crippen LogP contribution in [0.15, 0.2) is 6.20 Å². The first-order valence-electron chi connectivity index (χ1n) is 4.90. The molecule has 6 heteroatoms. The fourth-order valence-corrected chi connectivity index (χ4v) is 1.89. The average molecular weight is 219 g/mol. The van der Waals surface area contributed by atoms with Crippen molar-refractivity contribution < 1.29 is 13.2 Å². The predicted octanol–water partition coefficient (Wildman–Crippen LogP) is 1.72. The smallest absolute Gasteiger partial charge is 0.314 e. The Hall–Kier alpha value is -1.04. The summed E-state index contributed by atoms with van der Waals surface area (Å²) in [5.41, 5.74) is -0.460. The van der Waals surface area contributed by atoms with Crippen molar-refractivity contribution in [1.29, 1.82) is 0 Å². The quantitative estimate of drug-likeness (QED) is 0.795. The summed E-state index contributed by atoms with van der Waals surface area (Å²) >= 11 is 0. The molecule has 2 rings (SSSR count). The van der Waals surface area contributed by atoms with Gasteiger partial charge in [0.25, 0.3) is 0 Å². The molecule has 15 heavy (non-hydrogen) atoms. The number of halogens is 3. The zero-order valence-electron chi connectivity index (χ0n) is 8.06. The van der Waals surface area contributed by atoms with Crippen molar-refractivity contribution in [1.82, 2.24) is 15.5 Å². The zero-order chi connectivity index (χ0) is 10.9. The summed E-state index contributed by atoms with van der Waals surface area (Å²) in [6.45, 7) is 0.889. The van der Waals surface area contributed by atoms with Crippen molar-refractivity contribution in [3.8, 4) is 0 Å². The van der Waals surface area contributed by atoms with E-state index in [1.54, 1.807) is 0 Å². The summed E-state index contributed by atoms with van der Waals surface area (Å²) in [5.74, 6) is 0. The van der Waals surface area contributed by atoms with Crippen LogP contribution in [0.3, 0.4) is 0 Å². The Morgan fingerprint density at radius 3 is 2.87 bits per heavy atom. The molecule has 2 heterocycles. The fourth-order valence-electron chi connectivity index (χ4n) is 1.89. The number of hydrogen-bond donors (Lipinski definition) is 2. The van der Waals surface area contributed by atoms with Crippen LogP contribution in [-0.4, -0.2) is 22.8 Å². The molecule has 1 unspecified atom stereocenters. The summed E-state index contributed by atoms with van der Waals surface area (Å²) in [6.07, 6.45) is -1.13. The van der Waals surface area contributed by atoms with E-state index in [-0.39, 0.29) is 11.7 Å². The van der Waals surface area contributed by atoms with Crippen LogP contribution in [0.2, 0.25) is 0 Å². The normalized spacial score (nSPS) is 22.2. The van der Waals surface area contributed by atoms with Gasteiger partial charge in [-0.25, -0.2) is 0 Å². The summed E-state index contributed by atoms with van der Waals surface area (Å²) in [6, 6.07) is 0.145. The van der Waals surface area contributed by atoms with E-state index in [9.17, 15) is 13.2 Å². The van der Waals surface area contributed by atoms with Gasteiger partial charge in [0.1, 0.15) is 0 Å². The van der Waals surface area contributed by atoms with Crippen molar-refractivity contribution in [3.05, 3.63) is 17.5 Å². The average Bonchev–Trinajstić information content (AvgIpc) is 2.73. The minimum Gasteiger partial charge on any atom is -0.314 e. The Morgan fingerprint density at radius 1 is 1.47 bits per heavy atom. The molecule has 3 nitrogen and oxygen atoms in total. The fraction of sp³-hybridized carbons (Fsp3) is 0.667. The number of alkyl halides is 3. The maximum atomic E-state index is 12.5. The van der Waals surface area contributed by atoms with Gasteiger partial charge in [-0.15, -0.1) is 0 Å². The van der Waals surface area contributed by atoms with E-state index in [1.807, 2.05) is 0 Å². The molecule has 0 saturated carbocycles. The maximum absolute atomic E-state index is 12.5. The number of hydrogen-bond acceptors (Lipinski definition) is 2. The van der Waals surface area contributed by atoms with Gasteiger partial charge >= 0.3 is 6.18 Å². The second kappa shape index (κ2) is 3.84. The summed E-state index contributed by atoms with van der Waals surface area (Å²) in [4.78, 5) is 0. The second-order valence-corrected chi connectivity index (χ2v) is 3.76. The monoisotopic (exact) mass is 219 g/mol. The molecule has 1 fully saturated rings. The van der Waals surface area contributed by atoms with Gasteiger partial charge in [-0.3, -0.25) is 5.10 Å². The van der Waals surface area contributed by atoms with E-state index < -0.39 is 11.7 Å². The van der Waals surface area contributed by atoms with E-state index in [4.69, 9.17) is 0 Å². The summed E-state index contributed by atoms with van der Waals surface area (Å²) in [5, 5.41) is 9.05. The molecule has 1 aromatic heterocycles. The lowest BCUT2D eigenvalue weighted by molar-refractivity contribution is -0.138.